The van der Waals surface area contributed by atoms with E-state index in [0.717, 1.165) is 18.4 Å². The van der Waals surface area contributed by atoms with Crippen molar-refractivity contribution in [3.05, 3.63) is 35.9 Å². The molecule has 0 aliphatic carbocycles. The average Bonchev–Trinajstić information content (AvgIpc) is 2.28. The topological polar surface area (TPSA) is 46.2 Å². The second-order valence-electron chi connectivity index (χ2n) is 3.98. The SMILES string of the molecule is CCCC(Cl)CNS(=O)(=O)Cc1ccccc1. The summed E-state index contributed by atoms with van der Waals surface area (Å²) in [4.78, 5) is 0. The minimum atomic E-state index is -3.28. The maximum atomic E-state index is 11.7. The highest BCUT2D eigenvalue weighted by Gasteiger charge is 2.13. The minimum absolute atomic E-state index is 0.00355. The number of hydrogen-bond acceptors (Lipinski definition) is 2. The molecule has 1 aromatic rings. The number of benzene rings is 1. The Bertz CT molecular complexity index is 419. The van der Waals surface area contributed by atoms with Crippen molar-refractivity contribution in [2.45, 2.75) is 30.9 Å². The van der Waals surface area contributed by atoms with Crippen molar-refractivity contribution in [3.63, 3.8) is 0 Å². The van der Waals surface area contributed by atoms with Gasteiger partial charge in [-0.1, -0.05) is 43.7 Å². The molecule has 0 fully saturated rings. The lowest BCUT2D eigenvalue weighted by Crippen LogP contribution is -2.30. The van der Waals surface area contributed by atoms with E-state index in [2.05, 4.69) is 4.72 Å². The van der Waals surface area contributed by atoms with Crippen LogP contribution in [-0.4, -0.2) is 20.3 Å². The van der Waals surface area contributed by atoms with Gasteiger partial charge in [-0.3, -0.25) is 0 Å². The summed E-state index contributed by atoms with van der Waals surface area (Å²) < 4.78 is 26.0. The Balaban J connectivity index is 2.47. The summed E-state index contributed by atoms with van der Waals surface area (Å²) >= 11 is 5.96. The zero-order valence-electron chi connectivity index (χ0n) is 9.90. The number of nitrogens with one attached hydrogen (secondary N) is 1. The fourth-order valence-electron chi connectivity index (χ4n) is 1.48. The second kappa shape index (κ2) is 6.99. The molecule has 0 aromatic heterocycles. The van der Waals surface area contributed by atoms with Crippen LogP contribution < -0.4 is 4.72 Å². The molecule has 0 aliphatic heterocycles. The molecule has 0 amide bonds. The molecule has 0 saturated heterocycles. The van der Waals surface area contributed by atoms with Crippen LogP contribution in [0.4, 0.5) is 0 Å². The molecule has 1 atom stereocenters. The molecular formula is C12H18ClNO2S. The highest BCUT2D eigenvalue weighted by Crippen LogP contribution is 2.07. The lowest BCUT2D eigenvalue weighted by molar-refractivity contribution is 0.576. The van der Waals surface area contributed by atoms with Crippen LogP contribution in [0.3, 0.4) is 0 Å². The summed E-state index contributed by atoms with van der Waals surface area (Å²) in [6, 6.07) is 9.10. The Morgan fingerprint density at radius 1 is 1.29 bits per heavy atom. The van der Waals surface area contributed by atoms with Crippen molar-refractivity contribution in [1.29, 1.82) is 0 Å². The van der Waals surface area contributed by atoms with Crippen LogP contribution in [0.2, 0.25) is 0 Å². The fraction of sp³-hybridized carbons (Fsp3) is 0.500. The molecule has 0 heterocycles. The van der Waals surface area contributed by atoms with Gasteiger partial charge in [-0.2, -0.15) is 0 Å². The van der Waals surface area contributed by atoms with Gasteiger partial charge in [0.05, 0.1) is 5.75 Å². The first-order valence-electron chi connectivity index (χ1n) is 5.69. The van der Waals surface area contributed by atoms with E-state index in [-0.39, 0.29) is 11.1 Å². The molecule has 1 N–H and O–H groups in total. The molecule has 0 saturated carbocycles. The number of alkyl halides is 1. The van der Waals surface area contributed by atoms with Gasteiger partial charge in [-0.25, -0.2) is 13.1 Å². The summed E-state index contributed by atoms with van der Waals surface area (Å²) in [7, 11) is -3.28. The van der Waals surface area contributed by atoms with E-state index in [1.165, 1.54) is 0 Å². The molecule has 1 unspecified atom stereocenters. The molecule has 1 rings (SSSR count). The van der Waals surface area contributed by atoms with Crippen LogP contribution in [-0.2, 0) is 15.8 Å². The fourth-order valence-corrected chi connectivity index (χ4v) is 3.05. The summed E-state index contributed by atoms with van der Waals surface area (Å²) in [6.45, 7) is 2.32. The van der Waals surface area contributed by atoms with Gasteiger partial charge in [0.1, 0.15) is 0 Å². The zero-order valence-corrected chi connectivity index (χ0v) is 11.5. The summed E-state index contributed by atoms with van der Waals surface area (Å²) in [5.41, 5.74) is 0.779. The highest BCUT2D eigenvalue weighted by molar-refractivity contribution is 7.88. The summed E-state index contributed by atoms with van der Waals surface area (Å²) in [6.07, 6.45) is 1.77. The lowest BCUT2D eigenvalue weighted by atomic mass is 10.2. The van der Waals surface area contributed by atoms with Gasteiger partial charge in [0.2, 0.25) is 10.0 Å². The van der Waals surface area contributed by atoms with Crippen LogP contribution in [0, 0.1) is 0 Å². The third-order valence-corrected chi connectivity index (χ3v) is 4.02. The van der Waals surface area contributed by atoms with Gasteiger partial charge in [0.25, 0.3) is 0 Å². The Morgan fingerprint density at radius 2 is 1.94 bits per heavy atom. The van der Waals surface area contributed by atoms with Gasteiger partial charge in [0.15, 0.2) is 0 Å². The molecule has 17 heavy (non-hydrogen) atoms. The first kappa shape index (κ1) is 14.5. The standard InChI is InChI=1S/C12H18ClNO2S/c1-2-6-12(13)9-14-17(15,16)10-11-7-4-3-5-8-11/h3-5,7-8,12,14H,2,6,9-10H2,1H3. The molecule has 0 radical (unpaired) electrons. The predicted molar refractivity (Wildman–Crippen MR) is 71.6 cm³/mol. The smallest absolute Gasteiger partial charge is 0.213 e. The maximum absolute atomic E-state index is 11.7. The summed E-state index contributed by atoms with van der Waals surface area (Å²) in [5, 5.41) is -0.134. The van der Waals surface area contributed by atoms with E-state index >= 15 is 0 Å². The third kappa shape index (κ3) is 6.05. The maximum Gasteiger partial charge on any atom is 0.215 e. The second-order valence-corrected chi connectivity index (χ2v) is 6.40. The first-order valence-corrected chi connectivity index (χ1v) is 7.77. The predicted octanol–water partition coefficient (Wildman–Crippen LogP) is 2.51. The third-order valence-electron chi connectivity index (χ3n) is 2.33. The van der Waals surface area contributed by atoms with Gasteiger partial charge in [0, 0.05) is 11.9 Å². The molecular weight excluding hydrogens is 258 g/mol. The van der Waals surface area contributed by atoms with E-state index < -0.39 is 10.0 Å². The first-order chi connectivity index (χ1) is 8.03. The van der Waals surface area contributed by atoms with E-state index in [4.69, 9.17) is 11.6 Å². The van der Waals surface area contributed by atoms with Gasteiger partial charge in [-0.05, 0) is 12.0 Å². The Kier molecular flexibility index (Phi) is 5.95. The molecule has 96 valence electrons. The number of sulfonamides is 1. The number of rotatable bonds is 7. The van der Waals surface area contributed by atoms with Gasteiger partial charge in [-0.15, -0.1) is 11.6 Å². The van der Waals surface area contributed by atoms with Crippen LogP contribution in [0.1, 0.15) is 25.3 Å². The van der Waals surface area contributed by atoms with Crippen LogP contribution in [0.15, 0.2) is 30.3 Å². The monoisotopic (exact) mass is 275 g/mol. The Morgan fingerprint density at radius 3 is 2.53 bits per heavy atom. The Hall–Kier alpha value is -0.580. The van der Waals surface area contributed by atoms with E-state index in [1.807, 2.05) is 25.1 Å². The van der Waals surface area contributed by atoms with Crippen molar-refractivity contribution in [2.75, 3.05) is 6.54 Å². The van der Waals surface area contributed by atoms with E-state index in [1.54, 1.807) is 12.1 Å². The number of hydrogen-bond donors (Lipinski definition) is 1. The lowest BCUT2D eigenvalue weighted by Gasteiger charge is -2.10. The molecule has 3 nitrogen and oxygen atoms in total. The van der Waals surface area contributed by atoms with Crippen LogP contribution in [0.25, 0.3) is 0 Å². The van der Waals surface area contributed by atoms with Crippen LogP contribution >= 0.6 is 11.6 Å². The van der Waals surface area contributed by atoms with Crippen molar-refractivity contribution in [2.24, 2.45) is 0 Å². The summed E-state index contributed by atoms with van der Waals surface area (Å²) in [5.74, 6) is 0.00355. The minimum Gasteiger partial charge on any atom is -0.213 e. The quantitative estimate of drug-likeness (QED) is 0.777. The number of halogens is 1. The molecule has 0 bridgehead atoms. The molecule has 0 aliphatic rings. The molecule has 5 heteroatoms. The molecule has 1 aromatic carbocycles. The van der Waals surface area contributed by atoms with Crippen LogP contribution in [0.5, 0.6) is 0 Å². The van der Waals surface area contributed by atoms with Gasteiger partial charge >= 0.3 is 0 Å². The van der Waals surface area contributed by atoms with Crippen molar-refractivity contribution in [1.82, 2.24) is 4.72 Å². The van der Waals surface area contributed by atoms with Crippen molar-refractivity contribution >= 4 is 21.6 Å². The largest absolute Gasteiger partial charge is 0.215 e. The molecule has 0 spiro atoms. The van der Waals surface area contributed by atoms with E-state index in [0.29, 0.717) is 6.54 Å². The average molecular weight is 276 g/mol. The Labute approximate surface area is 108 Å². The van der Waals surface area contributed by atoms with Crippen molar-refractivity contribution < 1.29 is 8.42 Å². The normalized spacial score (nSPS) is 13.5. The highest BCUT2D eigenvalue weighted by atomic mass is 35.5. The zero-order chi connectivity index (χ0) is 12.7. The van der Waals surface area contributed by atoms with Gasteiger partial charge < -0.3 is 0 Å². The van der Waals surface area contributed by atoms with Crippen molar-refractivity contribution in [3.8, 4) is 0 Å². The van der Waals surface area contributed by atoms with E-state index in [9.17, 15) is 8.42 Å².